The Balaban J connectivity index is 4.87. The highest BCUT2D eigenvalue weighted by atomic mass is 16.8. The van der Waals surface area contributed by atoms with Crippen LogP contribution in [-0.4, -0.2) is 34.6 Å². The van der Waals surface area contributed by atoms with Gasteiger partial charge in [-0.15, -0.1) is 11.6 Å². The molecule has 0 saturated heterocycles. The van der Waals surface area contributed by atoms with E-state index in [1.54, 1.807) is 48.5 Å². The van der Waals surface area contributed by atoms with E-state index in [0.717, 1.165) is 5.06 Å². The minimum Gasteiger partial charge on any atom is -0.442 e. The van der Waals surface area contributed by atoms with E-state index < -0.39 is 29.5 Å². The van der Waals surface area contributed by atoms with Crippen LogP contribution in [0, 0.1) is 0 Å². The molecule has 20 heavy (non-hydrogen) atoms. The van der Waals surface area contributed by atoms with Gasteiger partial charge >= 0.3 is 12.2 Å². The maximum atomic E-state index is 12.0. The molecule has 116 valence electrons. The fourth-order valence-electron chi connectivity index (χ4n) is 1.04. The molecule has 0 aliphatic carbocycles. The van der Waals surface area contributed by atoms with Crippen molar-refractivity contribution in [2.45, 2.75) is 65.7 Å². The SMILES string of the molecule is C=C[C@@H](C)N(OC(=O)OC(C)(C)C)C(=O)OC(C)(C)C. The molecule has 0 aromatic rings. The van der Waals surface area contributed by atoms with E-state index in [9.17, 15) is 9.59 Å². The van der Waals surface area contributed by atoms with E-state index in [2.05, 4.69) is 6.58 Å². The zero-order valence-electron chi connectivity index (χ0n) is 13.4. The Labute approximate surface area is 120 Å². The summed E-state index contributed by atoms with van der Waals surface area (Å²) in [5.41, 5.74) is -1.42. The molecule has 0 aromatic carbocycles. The first kappa shape index (κ1) is 18.3. The van der Waals surface area contributed by atoms with Crippen molar-refractivity contribution < 1.29 is 23.9 Å². The Morgan fingerprint density at radius 2 is 1.50 bits per heavy atom. The smallest absolute Gasteiger partial charge is 0.442 e. The Kier molecular flexibility index (Phi) is 6.06. The van der Waals surface area contributed by atoms with E-state index in [4.69, 9.17) is 14.3 Å². The van der Waals surface area contributed by atoms with Gasteiger partial charge in [-0.2, -0.15) is 0 Å². The molecular formula is C14H25NO5. The third-order valence-electron chi connectivity index (χ3n) is 1.85. The monoisotopic (exact) mass is 287 g/mol. The van der Waals surface area contributed by atoms with Crippen LogP contribution in [0.4, 0.5) is 9.59 Å². The normalized spacial score (nSPS) is 13.2. The van der Waals surface area contributed by atoms with Gasteiger partial charge in [-0.25, -0.2) is 9.59 Å². The molecule has 1 atom stereocenters. The lowest BCUT2D eigenvalue weighted by Crippen LogP contribution is -2.43. The lowest BCUT2D eigenvalue weighted by Gasteiger charge is -2.29. The van der Waals surface area contributed by atoms with Gasteiger partial charge < -0.3 is 9.47 Å². The molecule has 0 aliphatic heterocycles. The first-order valence-electron chi connectivity index (χ1n) is 6.41. The molecule has 0 heterocycles. The van der Waals surface area contributed by atoms with E-state index >= 15 is 0 Å². The second-order valence-electron chi connectivity index (χ2n) is 6.34. The van der Waals surface area contributed by atoms with Gasteiger partial charge in [0.05, 0.1) is 6.04 Å². The van der Waals surface area contributed by atoms with Crippen molar-refractivity contribution in [1.82, 2.24) is 5.06 Å². The van der Waals surface area contributed by atoms with E-state index in [-0.39, 0.29) is 0 Å². The Morgan fingerprint density at radius 3 is 1.85 bits per heavy atom. The van der Waals surface area contributed by atoms with Crippen LogP contribution in [0.3, 0.4) is 0 Å². The predicted molar refractivity (Wildman–Crippen MR) is 75.1 cm³/mol. The van der Waals surface area contributed by atoms with Crippen molar-refractivity contribution in [2.75, 3.05) is 0 Å². The summed E-state index contributed by atoms with van der Waals surface area (Å²) in [4.78, 5) is 28.5. The lowest BCUT2D eigenvalue weighted by molar-refractivity contribution is -0.145. The van der Waals surface area contributed by atoms with Crippen LogP contribution in [0.2, 0.25) is 0 Å². The number of hydroxylamine groups is 2. The molecule has 0 N–H and O–H groups in total. The molecule has 0 saturated carbocycles. The number of amides is 1. The number of ether oxygens (including phenoxy) is 2. The van der Waals surface area contributed by atoms with Crippen LogP contribution in [0.5, 0.6) is 0 Å². The average Bonchev–Trinajstić information content (AvgIpc) is 2.19. The summed E-state index contributed by atoms with van der Waals surface area (Å²) in [6.07, 6.45) is -0.304. The zero-order valence-corrected chi connectivity index (χ0v) is 13.4. The zero-order chi connectivity index (χ0) is 16.1. The van der Waals surface area contributed by atoms with Gasteiger partial charge in [0.15, 0.2) is 0 Å². The quantitative estimate of drug-likeness (QED) is 0.440. The second-order valence-corrected chi connectivity index (χ2v) is 6.34. The van der Waals surface area contributed by atoms with Crippen molar-refractivity contribution in [2.24, 2.45) is 0 Å². The second kappa shape index (κ2) is 6.63. The van der Waals surface area contributed by atoms with Crippen molar-refractivity contribution in [3.8, 4) is 0 Å². The molecule has 0 fully saturated rings. The van der Waals surface area contributed by atoms with Crippen LogP contribution < -0.4 is 0 Å². The molecule has 0 aliphatic rings. The molecule has 0 unspecified atom stereocenters. The number of carbonyl (C=O) groups is 2. The third-order valence-corrected chi connectivity index (χ3v) is 1.85. The lowest BCUT2D eigenvalue weighted by atomic mass is 10.2. The van der Waals surface area contributed by atoms with E-state index in [1.165, 1.54) is 6.08 Å². The fourth-order valence-corrected chi connectivity index (χ4v) is 1.04. The van der Waals surface area contributed by atoms with Crippen molar-refractivity contribution in [3.05, 3.63) is 12.7 Å². The summed E-state index contributed by atoms with van der Waals surface area (Å²) in [6.45, 7) is 15.4. The molecule has 0 bridgehead atoms. The topological polar surface area (TPSA) is 65.1 Å². The van der Waals surface area contributed by atoms with Gasteiger partial charge in [0.2, 0.25) is 0 Å². The molecule has 0 spiro atoms. The Bertz CT molecular complexity index is 365. The summed E-state index contributed by atoms with van der Waals surface area (Å²) in [6, 6.07) is -0.544. The van der Waals surface area contributed by atoms with Gasteiger partial charge in [-0.1, -0.05) is 6.08 Å². The van der Waals surface area contributed by atoms with Crippen molar-refractivity contribution in [3.63, 3.8) is 0 Å². The average molecular weight is 287 g/mol. The van der Waals surface area contributed by atoms with Crippen LogP contribution in [0.1, 0.15) is 48.5 Å². The number of hydrogen-bond donors (Lipinski definition) is 0. The van der Waals surface area contributed by atoms with Gasteiger partial charge in [0, 0.05) is 0 Å². The summed E-state index contributed by atoms with van der Waals surface area (Å²) >= 11 is 0. The summed E-state index contributed by atoms with van der Waals surface area (Å²) in [7, 11) is 0. The van der Waals surface area contributed by atoms with Gasteiger partial charge in [-0.05, 0) is 48.5 Å². The van der Waals surface area contributed by atoms with Crippen LogP contribution in [0.25, 0.3) is 0 Å². The fraction of sp³-hybridized carbons (Fsp3) is 0.714. The van der Waals surface area contributed by atoms with E-state index in [0.29, 0.717) is 0 Å². The highest BCUT2D eigenvalue weighted by molar-refractivity contribution is 5.70. The van der Waals surface area contributed by atoms with Gasteiger partial charge in [0.1, 0.15) is 11.2 Å². The third kappa shape index (κ3) is 7.66. The van der Waals surface area contributed by atoms with Gasteiger partial charge in [-0.3, -0.25) is 4.84 Å². The first-order valence-corrected chi connectivity index (χ1v) is 6.41. The summed E-state index contributed by atoms with van der Waals surface area (Å²) < 4.78 is 10.2. The molecule has 1 amide bonds. The largest absolute Gasteiger partial charge is 0.534 e. The van der Waals surface area contributed by atoms with Crippen molar-refractivity contribution in [1.29, 1.82) is 0 Å². The molecule has 0 rings (SSSR count). The summed E-state index contributed by atoms with van der Waals surface area (Å²) in [5.74, 6) is 0. The minimum atomic E-state index is -0.975. The van der Waals surface area contributed by atoms with Crippen LogP contribution in [0.15, 0.2) is 12.7 Å². The molecule has 6 heteroatoms. The maximum Gasteiger partial charge on any atom is 0.534 e. The molecule has 6 nitrogen and oxygen atoms in total. The predicted octanol–water partition coefficient (Wildman–Crippen LogP) is 3.66. The number of carbonyl (C=O) groups excluding carboxylic acids is 2. The number of rotatable bonds is 2. The molecular weight excluding hydrogens is 262 g/mol. The van der Waals surface area contributed by atoms with Crippen molar-refractivity contribution >= 4 is 12.2 Å². The van der Waals surface area contributed by atoms with Gasteiger partial charge in [0.25, 0.3) is 0 Å². The number of nitrogens with zero attached hydrogens (tertiary/aromatic N) is 1. The molecule has 0 radical (unpaired) electrons. The van der Waals surface area contributed by atoms with Crippen LogP contribution in [-0.2, 0) is 14.3 Å². The first-order chi connectivity index (χ1) is 8.85. The Morgan fingerprint density at radius 1 is 1.05 bits per heavy atom. The summed E-state index contributed by atoms with van der Waals surface area (Å²) in [5, 5.41) is 0.798. The highest BCUT2D eigenvalue weighted by Gasteiger charge is 2.30. The maximum absolute atomic E-state index is 12.0. The Hall–Kier alpha value is -1.72. The highest BCUT2D eigenvalue weighted by Crippen LogP contribution is 2.15. The minimum absolute atomic E-state index is 0.544. The van der Waals surface area contributed by atoms with E-state index in [1.807, 2.05) is 0 Å². The molecule has 0 aromatic heterocycles. The van der Waals surface area contributed by atoms with Crippen LogP contribution >= 0.6 is 0 Å². The number of hydrogen-bond acceptors (Lipinski definition) is 5. The standard InChI is InChI=1S/C14H25NO5/c1-9-10(2)15(11(16)18-13(3,4)5)20-12(17)19-14(6,7)8/h9-10H,1H2,2-8H3/t10-/m1/s1.